The number of carboxylic acids is 1. The number of nitrogens with one attached hydrogen (secondary N) is 1. The quantitative estimate of drug-likeness (QED) is 0.769. The highest BCUT2D eigenvalue weighted by atomic mass is 16.4. The molecule has 1 aromatic rings. The average molecular weight is 267 g/mol. The van der Waals surface area contributed by atoms with E-state index in [1.165, 1.54) is 0 Å². The third-order valence-corrected chi connectivity index (χ3v) is 2.51. The minimum atomic E-state index is -1.24. The second-order valence-corrected chi connectivity index (χ2v) is 4.28. The summed E-state index contributed by atoms with van der Waals surface area (Å²) in [6, 6.07) is 2.20. The second kappa shape index (κ2) is 6.67. The first kappa shape index (κ1) is 14.9. The molecule has 19 heavy (non-hydrogen) atoms. The van der Waals surface area contributed by atoms with E-state index in [1.807, 2.05) is 13.8 Å². The Labute approximate surface area is 110 Å². The first-order chi connectivity index (χ1) is 8.93. The summed E-state index contributed by atoms with van der Waals surface area (Å²) in [6.07, 6.45) is 1.78. The molecule has 1 heterocycles. The second-order valence-electron chi connectivity index (χ2n) is 4.28. The molecule has 0 saturated carbocycles. The van der Waals surface area contributed by atoms with Gasteiger partial charge < -0.3 is 10.4 Å². The van der Waals surface area contributed by atoms with Crippen LogP contribution in [0.15, 0.2) is 16.9 Å². The van der Waals surface area contributed by atoms with E-state index in [1.54, 1.807) is 0 Å². The predicted molar refractivity (Wildman–Crippen MR) is 68.0 cm³/mol. The fraction of sp³-hybridized carbons (Fsp3) is 0.500. The molecular formula is C12H17N3O4. The molecule has 0 saturated heterocycles. The summed E-state index contributed by atoms with van der Waals surface area (Å²) in [5.74, 6) is -1.61. The van der Waals surface area contributed by atoms with Gasteiger partial charge >= 0.3 is 5.97 Å². The van der Waals surface area contributed by atoms with E-state index in [-0.39, 0.29) is 24.2 Å². The van der Waals surface area contributed by atoms with Gasteiger partial charge in [-0.15, -0.1) is 0 Å². The molecule has 1 aromatic heterocycles. The van der Waals surface area contributed by atoms with Crippen LogP contribution in [0.3, 0.4) is 0 Å². The van der Waals surface area contributed by atoms with Crippen molar-refractivity contribution in [2.75, 3.05) is 0 Å². The standard InChI is InChI=1S/C12H17N3O4/c1-3-4-8(2)13-10(16)7-15-11(17)6-5-9(14-15)12(18)19/h5-6,8H,3-4,7H2,1-2H3,(H,13,16)(H,18,19). The molecule has 0 bridgehead atoms. The smallest absolute Gasteiger partial charge is 0.356 e. The molecule has 0 spiro atoms. The van der Waals surface area contributed by atoms with Crippen molar-refractivity contribution in [1.82, 2.24) is 15.1 Å². The minimum Gasteiger partial charge on any atom is -0.476 e. The Bertz CT molecular complexity index is 524. The number of carbonyl (C=O) groups is 2. The lowest BCUT2D eigenvalue weighted by Crippen LogP contribution is -2.38. The zero-order chi connectivity index (χ0) is 14.4. The van der Waals surface area contributed by atoms with E-state index >= 15 is 0 Å². The molecule has 0 aliphatic carbocycles. The zero-order valence-electron chi connectivity index (χ0n) is 10.9. The Hall–Kier alpha value is -2.18. The highest BCUT2D eigenvalue weighted by Gasteiger charge is 2.11. The van der Waals surface area contributed by atoms with Crippen LogP contribution >= 0.6 is 0 Å². The third kappa shape index (κ3) is 4.53. The maximum Gasteiger partial charge on any atom is 0.356 e. The Balaban J connectivity index is 2.76. The zero-order valence-corrected chi connectivity index (χ0v) is 10.9. The van der Waals surface area contributed by atoms with Gasteiger partial charge in [0.15, 0.2) is 5.69 Å². The average Bonchev–Trinajstić information content (AvgIpc) is 2.31. The molecule has 1 atom stereocenters. The number of amides is 1. The monoisotopic (exact) mass is 267 g/mol. The fourth-order valence-corrected chi connectivity index (χ4v) is 1.64. The van der Waals surface area contributed by atoms with Crippen LogP contribution < -0.4 is 10.9 Å². The molecule has 0 fully saturated rings. The maximum atomic E-state index is 11.7. The fourth-order valence-electron chi connectivity index (χ4n) is 1.64. The molecule has 0 radical (unpaired) electrons. The van der Waals surface area contributed by atoms with Crippen molar-refractivity contribution in [3.63, 3.8) is 0 Å². The van der Waals surface area contributed by atoms with Crippen molar-refractivity contribution < 1.29 is 14.7 Å². The Morgan fingerprint density at radius 1 is 1.47 bits per heavy atom. The van der Waals surface area contributed by atoms with Crippen molar-refractivity contribution in [2.45, 2.75) is 39.3 Å². The first-order valence-electron chi connectivity index (χ1n) is 6.05. The van der Waals surface area contributed by atoms with Crippen molar-refractivity contribution in [3.8, 4) is 0 Å². The summed E-state index contributed by atoms with van der Waals surface area (Å²) in [5.41, 5.74) is -0.780. The third-order valence-electron chi connectivity index (χ3n) is 2.51. The van der Waals surface area contributed by atoms with Gasteiger partial charge in [-0.3, -0.25) is 9.59 Å². The normalized spacial score (nSPS) is 11.9. The number of rotatable bonds is 6. The molecule has 1 unspecified atom stereocenters. The summed E-state index contributed by atoms with van der Waals surface area (Å²) in [5, 5.41) is 15.1. The van der Waals surface area contributed by atoms with Crippen LogP contribution in [0, 0.1) is 0 Å². The van der Waals surface area contributed by atoms with Gasteiger partial charge in [-0.05, 0) is 19.4 Å². The van der Waals surface area contributed by atoms with E-state index < -0.39 is 11.5 Å². The van der Waals surface area contributed by atoms with Crippen LogP contribution in [0.5, 0.6) is 0 Å². The van der Waals surface area contributed by atoms with Gasteiger partial charge in [0.2, 0.25) is 5.91 Å². The number of hydrogen-bond donors (Lipinski definition) is 2. The topological polar surface area (TPSA) is 101 Å². The van der Waals surface area contributed by atoms with Gasteiger partial charge in [0, 0.05) is 12.1 Å². The molecule has 0 aliphatic heterocycles. The lowest BCUT2D eigenvalue weighted by molar-refractivity contribution is -0.122. The van der Waals surface area contributed by atoms with E-state index in [0.29, 0.717) is 0 Å². The number of carboxylic acid groups (broad SMARTS) is 1. The van der Waals surface area contributed by atoms with Crippen molar-refractivity contribution in [1.29, 1.82) is 0 Å². The van der Waals surface area contributed by atoms with Gasteiger partial charge in [0.25, 0.3) is 5.56 Å². The van der Waals surface area contributed by atoms with E-state index in [4.69, 9.17) is 5.11 Å². The maximum absolute atomic E-state index is 11.7. The van der Waals surface area contributed by atoms with Gasteiger partial charge in [0.1, 0.15) is 6.54 Å². The van der Waals surface area contributed by atoms with Gasteiger partial charge in [0.05, 0.1) is 0 Å². The van der Waals surface area contributed by atoms with Crippen LogP contribution in [0.4, 0.5) is 0 Å². The highest BCUT2D eigenvalue weighted by molar-refractivity contribution is 5.85. The SMILES string of the molecule is CCCC(C)NC(=O)Cn1nc(C(=O)O)ccc1=O. The largest absolute Gasteiger partial charge is 0.476 e. The minimum absolute atomic E-state index is 0.0101. The lowest BCUT2D eigenvalue weighted by Gasteiger charge is -2.13. The molecular weight excluding hydrogens is 250 g/mol. The summed E-state index contributed by atoms with van der Waals surface area (Å²) in [4.78, 5) is 33.9. The Morgan fingerprint density at radius 2 is 2.16 bits per heavy atom. The summed E-state index contributed by atoms with van der Waals surface area (Å²) >= 11 is 0. The molecule has 0 aromatic carbocycles. The Kier molecular flexibility index (Phi) is 5.23. The van der Waals surface area contributed by atoms with Crippen LogP contribution in [0.25, 0.3) is 0 Å². The number of carbonyl (C=O) groups excluding carboxylic acids is 1. The molecule has 7 heteroatoms. The molecule has 7 nitrogen and oxygen atoms in total. The van der Waals surface area contributed by atoms with Crippen LogP contribution in [-0.4, -0.2) is 32.8 Å². The Morgan fingerprint density at radius 3 is 2.74 bits per heavy atom. The van der Waals surface area contributed by atoms with Crippen LogP contribution in [-0.2, 0) is 11.3 Å². The number of hydrogen-bond acceptors (Lipinski definition) is 4. The van der Waals surface area contributed by atoms with Gasteiger partial charge in [-0.1, -0.05) is 13.3 Å². The first-order valence-corrected chi connectivity index (χ1v) is 6.05. The molecule has 104 valence electrons. The predicted octanol–water partition coefficient (Wildman–Crippen LogP) is 0.246. The van der Waals surface area contributed by atoms with E-state index in [9.17, 15) is 14.4 Å². The van der Waals surface area contributed by atoms with Crippen molar-refractivity contribution in [3.05, 3.63) is 28.2 Å². The summed E-state index contributed by atoms with van der Waals surface area (Å²) in [7, 11) is 0. The molecule has 1 amide bonds. The van der Waals surface area contributed by atoms with Crippen molar-refractivity contribution in [2.24, 2.45) is 0 Å². The van der Waals surface area contributed by atoms with Crippen LogP contribution in [0.1, 0.15) is 37.2 Å². The molecule has 0 aliphatic rings. The lowest BCUT2D eigenvalue weighted by atomic mass is 10.2. The molecule has 1 rings (SSSR count). The highest BCUT2D eigenvalue weighted by Crippen LogP contribution is 1.95. The number of aromatic nitrogens is 2. The van der Waals surface area contributed by atoms with Gasteiger partial charge in [-0.25, -0.2) is 9.48 Å². The van der Waals surface area contributed by atoms with Crippen molar-refractivity contribution >= 4 is 11.9 Å². The van der Waals surface area contributed by atoms with E-state index in [2.05, 4.69) is 10.4 Å². The summed E-state index contributed by atoms with van der Waals surface area (Å²) < 4.78 is 0.845. The van der Waals surface area contributed by atoms with Gasteiger partial charge in [-0.2, -0.15) is 5.10 Å². The van der Waals surface area contributed by atoms with Crippen LogP contribution in [0.2, 0.25) is 0 Å². The molecule has 2 N–H and O–H groups in total. The number of aromatic carboxylic acids is 1. The van der Waals surface area contributed by atoms with E-state index in [0.717, 1.165) is 29.7 Å². The summed E-state index contributed by atoms with van der Waals surface area (Å²) in [6.45, 7) is 3.59. The number of nitrogens with zero attached hydrogens (tertiary/aromatic N) is 2.